The summed E-state index contributed by atoms with van der Waals surface area (Å²) in [7, 11) is 0. The first-order valence-electron chi connectivity index (χ1n) is 7.31. The van der Waals surface area contributed by atoms with Crippen molar-refractivity contribution in [2.24, 2.45) is 0 Å². The fourth-order valence-corrected chi connectivity index (χ4v) is 3.92. The van der Waals surface area contributed by atoms with Gasteiger partial charge in [-0.25, -0.2) is 0 Å². The monoisotopic (exact) mass is 352 g/mol. The molecule has 1 aromatic carbocycles. The number of benzene rings is 1. The van der Waals surface area contributed by atoms with E-state index in [4.69, 9.17) is 10.2 Å². The number of hydrogen-bond acceptors (Lipinski definition) is 4. The summed E-state index contributed by atoms with van der Waals surface area (Å²) in [5, 5.41) is 17.3. The third-order valence-corrected chi connectivity index (χ3v) is 5.42. The van der Waals surface area contributed by atoms with E-state index in [1.54, 1.807) is 23.5 Å². The number of aliphatic carboxylic acids is 2. The molecular formula is C17H20O4S2. The van der Waals surface area contributed by atoms with Crippen LogP contribution in [0.25, 0.3) is 0 Å². The highest BCUT2D eigenvalue weighted by Gasteiger charge is 2.08. The van der Waals surface area contributed by atoms with Crippen molar-refractivity contribution in [1.29, 1.82) is 0 Å². The van der Waals surface area contributed by atoms with Gasteiger partial charge in [-0.15, -0.1) is 23.5 Å². The molecule has 0 aliphatic heterocycles. The van der Waals surface area contributed by atoms with Crippen LogP contribution in [0.15, 0.2) is 30.3 Å². The average molecular weight is 352 g/mol. The van der Waals surface area contributed by atoms with Crippen molar-refractivity contribution in [1.82, 2.24) is 0 Å². The standard InChI is InChI=1S/C17H20O4S2/c18-15(19)8-4-12-22-17(23-13-5-9-16(20)21)11-10-14-6-2-1-3-7-14/h1-3,6-7,17H,4-5,8-9,12-13H2,(H,18,19)(H,20,21). The molecule has 0 amide bonds. The second-order valence-electron chi connectivity index (χ2n) is 4.70. The van der Waals surface area contributed by atoms with E-state index < -0.39 is 11.9 Å². The molecule has 0 bridgehead atoms. The third kappa shape index (κ3) is 10.7. The van der Waals surface area contributed by atoms with Gasteiger partial charge >= 0.3 is 11.9 Å². The summed E-state index contributed by atoms with van der Waals surface area (Å²) in [6.45, 7) is 0. The zero-order valence-corrected chi connectivity index (χ0v) is 14.4. The molecule has 0 aliphatic carbocycles. The second-order valence-corrected chi connectivity index (χ2v) is 7.43. The normalized spacial score (nSPS) is 10.1. The maximum atomic E-state index is 10.5. The summed E-state index contributed by atoms with van der Waals surface area (Å²) >= 11 is 3.24. The maximum absolute atomic E-state index is 10.5. The van der Waals surface area contributed by atoms with Crippen molar-refractivity contribution in [3.63, 3.8) is 0 Å². The molecule has 0 atom stereocenters. The number of rotatable bonds is 10. The Labute approximate surface area is 145 Å². The summed E-state index contributed by atoms with van der Waals surface area (Å²) in [6.07, 6.45) is 1.55. The highest BCUT2D eigenvalue weighted by molar-refractivity contribution is 8.17. The SMILES string of the molecule is O=C(O)CCCSC(C#Cc1ccccc1)SCCCC(=O)O. The molecule has 0 radical (unpaired) electrons. The molecule has 2 N–H and O–H groups in total. The average Bonchev–Trinajstić information content (AvgIpc) is 2.52. The van der Waals surface area contributed by atoms with Crippen LogP contribution < -0.4 is 0 Å². The van der Waals surface area contributed by atoms with Gasteiger partial charge in [0, 0.05) is 18.4 Å². The Kier molecular flexibility index (Phi) is 10.1. The van der Waals surface area contributed by atoms with E-state index in [1.165, 1.54) is 0 Å². The first kappa shape index (κ1) is 19.5. The Morgan fingerprint density at radius 1 is 0.957 bits per heavy atom. The van der Waals surface area contributed by atoms with Gasteiger partial charge < -0.3 is 10.2 Å². The van der Waals surface area contributed by atoms with Crippen LogP contribution in [0.5, 0.6) is 0 Å². The molecule has 0 heterocycles. The molecule has 1 rings (SSSR count). The van der Waals surface area contributed by atoms with Crippen molar-refractivity contribution >= 4 is 35.5 Å². The fraction of sp³-hybridized carbons (Fsp3) is 0.412. The number of hydrogen-bond donors (Lipinski definition) is 2. The molecule has 6 heteroatoms. The van der Waals surface area contributed by atoms with Crippen molar-refractivity contribution in [2.45, 2.75) is 30.3 Å². The smallest absolute Gasteiger partial charge is 0.303 e. The molecule has 1 aromatic rings. The first-order chi connectivity index (χ1) is 11.1. The Balaban J connectivity index is 2.48. The Morgan fingerprint density at radius 2 is 1.48 bits per heavy atom. The van der Waals surface area contributed by atoms with Crippen LogP contribution >= 0.6 is 23.5 Å². The number of carboxylic acids is 2. The van der Waals surface area contributed by atoms with E-state index in [9.17, 15) is 9.59 Å². The van der Waals surface area contributed by atoms with Gasteiger partial charge in [-0.2, -0.15) is 0 Å². The third-order valence-electron chi connectivity index (χ3n) is 2.72. The summed E-state index contributed by atoms with van der Waals surface area (Å²) < 4.78 is 0.0257. The van der Waals surface area contributed by atoms with Crippen molar-refractivity contribution < 1.29 is 19.8 Å². The molecule has 4 nitrogen and oxygen atoms in total. The van der Waals surface area contributed by atoms with Crippen LogP contribution in [-0.2, 0) is 9.59 Å². The zero-order valence-electron chi connectivity index (χ0n) is 12.7. The quantitative estimate of drug-likeness (QED) is 0.381. The molecular weight excluding hydrogens is 332 g/mol. The van der Waals surface area contributed by atoms with E-state index in [-0.39, 0.29) is 17.4 Å². The molecule has 0 fully saturated rings. The minimum Gasteiger partial charge on any atom is -0.481 e. The lowest BCUT2D eigenvalue weighted by atomic mass is 10.2. The first-order valence-corrected chi connectivity index (χ1v) is 9.41. The predicted octanol–water partition coefficient (Wildman–Crippen LogP) is 3.56. The van der Waals surface area contributed by atoms with Gasteiger partial charge in [-0.3, -0.25) is 9.59 Å². The van der Waals surface area contributed by atoms with Gasteiger partial charge in [0.15, 0.2) is 0 Å². The highest BCUT2D eigenvalue weighted by Crippen LogP contribution is 2.25. The highest BCUT2D eigenvalue weighted by atomic mass is 32.2. The molecule has 0 saturated heterocycles. The van der Waals surface area contributed by atoms with Crippen LogP contribution in [0.2, 0.25) is 0 Å². The number of carboxylic acid groups (broad SMARTS) is 2. The van der Waals surface area contributed by atoms with Crippen LogP contribution in [-0.4, -0.2) is 38.2 Å². The summed E-state index contributed by atoms with van der Waals surface area (Å²) in [5.74, 6) is 6.20. The fourth-order valence-electron chi connectivity index (χ4n) is 1.62. The minimum atomic E-state index is -0.786. The van der Waals surface area contributed by atoms with Crippen molar-refractivity contribution in [3.05, 3.63) is 35.9 Å². The van der Waals surface area contributed by atoms with E-state index in [2.05, 4.69) is 11.8 Å². The lowest BCUT2D eigenvalue weighted by Gasteiger charge is -2.09. The topological polar surface area (TPSA) is 74.6 Å². The summed E-state index contributed by atoms with van der Waals surface area (Å²) in [5.41, 5.74) is 0.940. The van der Waals surface area contributed by atoms with Crippen LogP contribution in [0, 0.1) is 11.8 Å². The summed E-state index contributed by atoms with van der Waals surface area (Å²) in [4.78, 5) is 21.1. The van der Waals surface area contributed by atoms with Gasteiger partial charge in [0.1, 0.15) is 4.58 Å². The maximum Gasteiger partial charge on any atom is 0.303 e. The van der Waals surface area contributed by atoms with Crippen molar-refractivity contribution in [2.75, 3.05) is 11.5 Å². The number of thioether (sulfide) groups is 2. The molecule has 0 aromatic heterocycles. The van der Waals surface area contributed by atoms with Gasteiger partial charge in [0.2, 0.25) is 0 Å². The summed E-state index contributed by atoms with van der Waals surface area (Å²) in [6, 6.07) is 9.67. The molecule has 0 saturated carbocycles. The van der Waals surface area contributed by atoms with E-state index in [0.717, 1.165) is 17.1 Å². The van der Waals surface area contributed by atoms with E-state index in [1.807, 2.05) is 30.3 Å². The second kappa shape index (κ2) is 11.9. The van der Waals surface area contributed by atoms with Gasteiger partial charge in [-0.05, 0) is 36.5 Å². The van der Waals surface area contributed by atoms with Crippen LogP contribution in [0.1, 0.15) is 31.2 Å². The Morgan fingerprint density at radius 3 is 1.96 bits per heavy atom. The van der Waals surface area contributed by atoms with Crippen LogP contribution in [0.3, 0.4) is 0 Å². The minimum absolute atomic E-state index is 0.0257. The molecule has 0 unspecified atom stereocenters. The zero-order chi connectivity index (χ0) is 16.9. The Bertz CT molecular complexity index is 527. The lowest BCUT2D eigenvalue weighted by Crippen LogP contribution is -2.01. The van der Waals surface area contributed by atoms with Crippen molar-refractivity contribution in [3.8, 4) is 11.8 Å². The van der Waals surface area contributed by atoms with Gasteiger partial charge in [0.05, 0.1) is 0 Å². The van der Waals surface area contributed by atoms with Gasteiger partial charge in [0.25, 0.3) is 0 Å². The van der Waals surface area contributed by atoms with E-state index >= 15 is 0 Å². The molecule has 0 aliphatic rings. The lowest BCUT2D eigenvalue weighted by molar-refractivity contribution is -0.138. The molecule has 23 heavy (non-hydrogen) atoms. The molecule has 124 valence electrons. The Hall–Kier alpha value is -1.58. The number of carbonyl (C=O) groups is 2. The largest absolute Gasteiger partial charge is 0.481 e. The predicted molar refractivity (Wildman–Crippen MR) is 95.8 cm³/mol. The van der Waals surface area contributed by atoms with E-state index in [0.29, 0.717) is 12.8 Å². The molecule has 0 spiro atoms. The van der Waals surface area contributed by atoms with Crippen LogP contribution in [0.4, 0.5) is 0 Å². The van der Waals surface area contributed by atoms with Gasteiger partial charge in [-0.1, -0.05) is 30.0 Å².